The Kier molecular flexibility index (Phi) is 4.22. The summed E-state index contributed by atoms with van der Waals surface area (Å²) in [6, 6.07) is 7.88. The smallest absolute Gasteiger partial charge is 0.267 e. The number of nitrogens with one attached hydrogen (secondary N) is 1. The van der Waals surface area contributed by atoms with Crippen molar-refractivity contribution in [3.63, 3.8) is 0 Å². The van der Waals surface area contributed by atoms with E-state index in [4.69, 9.17) is 10.5 Å². The highest BCUT2D eigenvalue weighted by atomic mass is 16.5. The van der Waals surface area contributed by atoms with Crippen molar-refractivity contribution in [3.8, 4) is 5.75 Å². The van der Waals surface area contributed by atoms with Gasteiger partial charge in [0.25, 0.3) is 5.56 Å². The molecule has 0 aliphatic carbocycles. The Balaban J connectivity index is 2.17. The summed E-state index contributed by atoms with van der Waals surface area (Å²) < 4.78 is 6.24. The Hall–Kier alpha value is -2.83. The molecule has 3 N–H and O–H groups in total. The molecule has 0 saturated heterocycles. The van der Waals surface area contributed by atoms with Crippen molar-refractivity contribution in [3.05, 3.63) is 46.4 Å². The number of methoxy groups -OCH3 is 1. The van der Waals surface area contributed by atoms with Gasteiger partial charge in [0.15, 0.2) is 0 Å². The Morgan fingerprint density at radius 1 is 1.38 bits per heavy atom. The quantitative estimate of drug-likeness (QED) is 0.810. The van der Waals surface area contributed by atoms with Crippen molar-refractivity contribution in [2.24, 2.45) is 0 Å². The second-order valence-corrected chi connectivity index (χ2v) is 4.48. The lowest BCUT2D eigenvalue weighted by atomic mass is 10.2. The third-order valence-corrected chi connectivity index (χ3v) is 2.79. The van der Waals surface area contributed by atoms with Crippen LogP contribution >= 0.6 is 0 Å². The highest BCUT2D eigenvalue weighted by Crippen LogP contribution is 2.26. The van der Waals surface area contributed by atoms with E-state index in [9.17, 15) is 9.59 Å². The molecule has 0 saturated carbocycles. The second kappa shape index (κ2) is 6.08. The number of carbonyl (C=O) groups excluding carboxylic acids is 1. The molecular formula is C14H16N4O3. The van der Waals surface area contributed by atoms with Crippen LogP contribution < -0.4 is 21.3 Å². The maximum Gasteiger partial charge on any atom is 0.267 e. The molecule has 7 heteroatoms. The number of rotatable bonds is 4. The first kappa shape index (κ1) is 14.6. The molecule has 0 unspecified atom stereocenters. The zero-order chi connectivity index (χ0) is 15.4. The first-order chi connectivity index (χ1) is 9.99. The number of hydrogen-bond donors (Lipinski definition) is 2. The molecule has 2 aromatic rings. The molecule has 110 valence electrons. The maximum absolute atomic E-state index is 12.0. The van der Waals surface area contributed by atoms with Crippen molar-refractivity contribution >= 4 is 17.3 Å². The number of nitrogen functional groups attached to an aromatic ring is 1. The van der Waals surface area contributed by atoms with Gasteiger partial charge < -0.3 is 15.8 Å². The van der Waals surface area contributed by atoms with Crippen LogP contribution in [0.2, 0.25) is 0 Å². The zero-order valence-corrected chi connectivity index (χ0v) is 11.8. The lowest BCUT2D eigenvalue weighted by Crippen LogP contribution is -2.29. The van der Waals surface area contributed by atoms with Gasteiger partial charge in [-0.25, -0.2) is 4.68 Å². The SMILES string of the molecule is COc1ccc(N)cc1NC(=O)Cn1nc(C)ccc1=O. The summed E-state index contributed by atoms with van der Waals surface area (Å²) >= 11 is 0. The summed E-state index contributed by atoms with van der Waals surface area (Å²) in [7, 11) is 1.49. The standard InChI is InChI=1S/C14H16N4O3/c1-9-3-6-14(20)18(17-9)8-13(19)16-11-7-10(15)4-5-12(11)21-2/h3-7H,8,15H2,1-2H3,(H,16,19). The third kappa shape index (κ3) is 3.59. The van der Waals surface area contributed by atoms with E-state index in [2.05, 4.69) is 10.4 Å². The third-order valence-electron chi connectivity index (χ3n) is 2.79. The summed E-state index contributed by atoms with van der Waals surface area (Å²) in [5.74, 6) is 0.0983. The van der Waals surface area contributed by atoms with Crippen LogP contribution in [0.5, 0.6) is 5.75 Å². The number of nitrogens with zero attached hydrogens (tertiary/aromatic N) is 2. The van der Waals surface area contributed by atoms with Crippen LogP contribution in [0.4, 0.5) is 11.4 Å². The van der Waals surface area contributed by atoms with Crippen molar-refractivity contribution in [1.82, 2.24) is 9.78 Å². The van der Waals surface area contributed by atoms with Gasteiger partial charge in [-0.2, -0.15) is 5.10 Å². The topological polar surface area (TPSA) is 99.2 Å². The van der Waals surface area contributed by atoms with Crippen molar-refractivity contribution in [1.29, 1.82) is 0 Å². The van der Waals surface area contributed by atoms with Gasteiger partial charge in [0, 0.05) is 11.8 Å². The largest absolute Gasteiger partial charge is 0.495 e. The molecule has 1 heterocycles. The lowest BCUT2D eigenvalue weighted by Gasteiger charge is -2.11. The van der Waals surface area contributed by atoms with Crippen LogP contribution in [-0.2, 0) is 11.3 Å². The second-order valence-electron chi connectivity index (χ2n) is 4.48. The lowest BCUT2D eigenvalue weighted by molar-refractivity contribution is -0.117. The minimum Gasteiger partial charge on any atom is -0.495 e. The first-order valence-electron chi connectivity index (χ1n) is 6.28. The number of amides is 1. The van der Waals surface area contributed by atoms with Gasteiger partial charge in [-0.1, -0.05) is 0 Å². The molecule has 2 rings (SSSR count). The molecule has 1 aromatic heterocycles. The fourth-order valence-corrected chi connectivity index (χ4v) is 1.81. The number of benzene rings is 1. The van der Waals surface area contributed by atoms with E-state index in [0.29, 0.717) is 22.8 Å². The minimum atomic E-state index is -0.390. The normalized spacial score (nSPS) is 10.2. The molecule has 0 bridgehead atoms. The molecule has 21 heavy (non-hydrogen) atoms. The highest BCUT2D eigenvalue weighted by Gasteiger charge is 2.10. The van der Waals surface area contributed by atoms with E-state index in [1.807, 2.05) is 0 Å². The van der Waals surface area contributed by atoms with Crippen LogP contribution in [0, 0.1) is 6.92 Å². The van der Waals surface area contributed by atoms with E-state index in [0.717, 1.165) is 4.68 Å². The van der Waals surface area contributed by atoms with Gasteiger partial charge in [0.2, 0.25) is 5.91 Å². The molecular weight excluding hydrogens is 272 g/mol. The fourth-order valence-electron chi connectivity index (χ4n) is 1.81. The van der Waals surface area contributed by atoms with Gasteiger partial charge in [-0.05, 0) is 31.2 Å². The van der Waals surface area contributed by atoms with E-state index < -0.39 is 0 Å². The van der Waals surface area contributed by atoms with Gasteiger partial charge in [0.05, 0.1) is 18.5 Å². The number of aromatic nitrogens is 2. The average molecular weight is 288 g/mol. The van der Waals surface area contributed by atoms with Crippen LogP contribution in [0.3, 0.4) is 0 Å². The molecule has 1 amide bonds. The molecule has 7 nitrogen and oxygen atoms in total. The number of nitrogens with two attached hydrogens (primary N) is 1. The number of carbonyl (C=O) groups is 1. The van der Waals surface area contributed by atoms with Crippen LogP contribution in [0.15, 0.2) is 35.1 Å². The minimum absolute atomic E-state index is 0.182. The van der Waals surface area contributed by atoms with Gasteiger partial charge >= 0.3 is 0 Å². The molecule has 0 aliphatic heterocycles. The Bertz CT molecular complexity index is 724. The Morgan fingerprint density at radius 3 is 2.86 bits per heavy atom. The predicted molar refractivity (Wildman–Crippen MR) is 79.3 cm³/mol. The molecule has 1 aromatic carbocycles. The summed E-state index contributed by atoms with van der Waals surface area (Å²) in [5.41, 5.74) is 6.94. The Labute approximate surface area is 121 Å². The maximum atomic E-state index is 12.0. The predicted octanol–water partition coefficient (Wildman–Crippen LogP) is 0.781. The number of aryl methyl sites for hydroxylation is 1. The molecule has 0 aliphatic rings. The number of ether oxygens (including phenoxy) is 1. The van der Waals surface area contributed by atoms with Crippen molar-refractivity contribution < 1.29 is 9.53 Å². The number of hydrogen-bond acceptors (Lipinski definition) is 5. The first-order valence-corrected chi connectivity index (χ1v) is 6.28. The Morgan fingerprint density at radius 2 is 2.14 bits per heavy atom. The summed E-state index contributed by atoms with van der Waals surface area (Å²) in [5, 5.41) is 6.66. The summed E-state index contributed by atoms with van der Waals surface area (Å²) in [6.07, 6.45) is 0. The molecule has 0 atom stereocenters. The van der Waals surface area contributed by atoms with E-state index in [1.165, 1.54) is 13.2 Å². The van der Waals surface area contributed by atoms with Gasteiger partial charge in [0.1, 0.15) is 12.3 Å². The highest BCUT2D eigenvalue weighted by molar-refractivity contribution is 5.92. The molecule has 0 spiro atoms. The fraction of sp³-hybridized carbons (Fsp3) is 0.214. The van der Waals surface area contributed by atoms with Crippen LogP contribution in [-0.4, -0.2) is 22.8 Å². The van der Waals surface area contributed by atoms with Crippen LogP contribution in [0.25, 0.3) is 0 Å². The summed E-state index contributed by atoms with van der Waals surface area (Å²) in [4.78, 5) is 23.6. The average Bonchev–Trinajstić information content (AvgIpc) is 2.43. The molecule has 0 fully saturated rings. The van der Waals surface area contributed by atoms with Gasteiger partial charge in [-0.15, -0.1) is 0 Å². The zero-order valence-electron chi connectivity index (χ0n) is 11.8. The van der Waals surface area contributed by atoms with E-state index in [1.54, 1.807) is 31.2 Å². The number of anilines is 2. The van der Waals surface area contributed by atoms with E-state index >= 15 is 0 Å². The van der Waals surface area contributed by atoms with Gasteiger partial charge in [-0.3, -0.25) is 9.59 Å². The van der Waals surface area contributed by atoms with Crippen molar-refractivity contribution in [2.75, 3.05) is 18.2 Å². The van der Waals surface area contributed by atoms with Crippen LogP contribution in [0.1, 0.15) is 5.69 Å². The van der Waals surface area contributed by atoms with Crippen molar-refractivity contribution in [2.45, 2.75) is 13.5 Å². The van der Waals surface area contributed by atoms with E-state index in [-0.39, 0.29) is 18.0 Å². The monoisotopic (exact) mass is 288 g/mol. The summed E-state index contributed by atoms with van der Waals surface area (Å²) in [6.45, 7) is 1.56. The molecule has 0 radical (unpaired) electrons.